The molecule has 1 aromatic carbocycles. The van der Waals surface area contributed by atoms with Crippen molar-refractivity contribution < 1.29 is 4.74 Å². The van der Waals surface area contributed by atoms with Gasteiger partial charge in [0.2, 0.25) is 0 Å². The molecule has 2 nitrogen and oxygen atoms in total. The second-order valence-electron chi connectivity index (χ2n) is 4.76. The first kappa shape index (κ1) is 15.0. The van der Waals surface area contributed by atoms with E-state index in [1.54, 1.807) is 0 Å². The van der Waals surface area contributed by atoms with E-state index in [0.29, 0.717) is 6.04 Å². The van der Waals surface area contributed by atoms with Crippen LogP contribution in [0.4, 0.5) is 0 Å². The minimum Gasteiger partial charge on any atom is -0.494 e. The van der Waals surface area contributed by atoms with E-state index in [9.17, 15) is 0 Å². The maximum absolute atomic E-state index is 5.69. The normalized spacial score (nSPS) is 12.4. The highest BCUT2D eigenvalue weighted by atomic mass is 16.5. The largest absolute Gasteiger partial charge is 0.494 e. The molecule has 0 fully saturated rings. The summed E-state index contributed by atoms with van der Waals surface area (Å²) in [6.07, 6.45) is 6.11. The van der Waals surface area contributed by atoms with E-state index in [1.165, 1.54) is 31.2 Å². The Morgan fingerprint density at radius 2 is 2.00 bits per heavy atom. The summed E-state index contributed by atoms with van der Waals surface area (Å²) in [5.41, 5.74) is 1.34. The summed E-state index contributed by atoms with van der Waals surface area (Å²) >= 11 is 0. The summed E-state index contributed by atoms with van der Waals surface area (Å²) in [6.45, 7) is 5.17. The van der Waals surface area contributed by atoms with Crippen LogP contribution in [0, 0.1) is 0 Å². The second kappa shape index (κ2) is 8.98. The molecule has 0 amide bonds. The SMILES string of the molecule is CCCCCC(NC)c1cccc(OCCC)c1. The molecule has 1 aromatic rings. The van der Waals surface area contributed by atoms with E-state index < -0.39 is 0 Å². The van der Waals surface area contributed by atoms with E-state index in [1.807, 2.05) is 13.1 Å². The van der Waals surface area contributed by atoms with Crippen molar-refractivity contribution >= 4 is 0 Å². The molecule has 2 heteroatoms. The number of hydrogen-bond acceptors (Lipinski definition) is 2. The lowest BCUT2D eigenvalue weighted by atomic mass is 10.0. The monoisotopic (exact) mass is 249 g/mol. The third-order valence-corrected chi connectivity index (χ3v) is 3.18. The summed E-state index contributed by atoms with van der Waals surface area (Å²) in [6, 6.07) is 8.93. The quantitative estimate of drug-likeness (QED) is 0.658. The fraction of sp³-hybridized carbons (Fsp3) is 0.625. The van der Waals surface area contributed by atoms with Crippen molar-refractivity contribution in [3.8, 4) is 5.75 Å². The third-order valence-electron chi connectivity index (χ3n) is 3.18. The van der Waals surface area contributed by atoms with Gasteiger partial charge in [-0.3, -0.25) is 0 Å². The Balaban J connectivity index is 2.60. The Labute approximate surface area is 112 Å². The van der Waals surface area contributed by atoms with E-state index in [2.05, 4.69) is 37.4 Å². The minimum absolute atomic E-state index is 0.446. The van der Waals surface area contributed by atoms with Gasteiger partial charge in [-0.15, -0.1) is 0 Å². The maximum Gasteiger partial charge on any atom is 0.119 e. The third kappa shape index (κ3) is 5.09. The lowest BCUT2D eigenvalue weighted by molar-refractivity contribution is 0.316. The molecule has 1 N–H and O–H groups in total. The molecule has 0 bridgehead atoms. The molecular weight excluding hydrogens is 222 g/mol. The zero-order valence-corrected chi connectivity index (χ0v) is 12.0. The van der Waals surface area contributed by atoms with Crippen LogP contribution in [0.1, 0.15) is 57.6 Å². The number of unbranched alkanes of at least 4 members (excludes halogenated alkanes) is 2. The first-order chi connectivity index (χ1) is 8.81. The predicted octanol–water partition coefficient (Wildman–Crippen LogP) is 4.32. The Morgan fingerprint density at radius 3 is 2.67 bits per heavy atom. The number of rotatable bonds is 9. The van der Waals surface area contributed by atoms with E-state index in [-0.39, 0.29) is 0 Å². The predicted molar refractivity (Wildman–Crippen MR) is 78.2 cm³/mol. The maximum atomic E-state index is 5.69. The Kier molecular flexibility index (Phi) is 7.51. The van der Waals surface area contributed by atoms with E-state index in [0.717, 1.165) is 18.8 Å². The van der Waals surface area contributed by atoms with Crippen molar-refractivity contribution in [2.24, 2.45) is 0 Å². The highest BCUT2D eigenvalue weighted by Crippen LogP contribution is 2.23. The summed E-state index contributed by atoms with van der Waals surface area (Å²) < 4.78 is 5.69. The minimum atomic E-state index is 0.446. The summed E-state index contributed by atoms with van der Waals surface area (Å²) in [5, 5.41) is 3.41. The van der Waals surface area contributed by atoms with Gasteiger partial charge in [0.15, 0.2) is 0 Å². The van der Waals surface area contributed by atoms with E-state index in [4.69, 9.17) is 4.74 Å². The van der Waals surface area contributed by atoms with Crippen LogP contribution in [-0.2, 0) is 0 Å². The zero-order chi connectivity index (χ0) is 13.2. The van der Waals surface area contributed by atoms with Gasteiger partial charge in [0, 0.05) is 6.04 Å². The average molecular weight is 249 g/mol. The van der Waals surface area contributed by atoms with Gasteiger partial charge in [-0.2, -0.15) is 0 Å². The van der Waals surface area contributed by atoms with Gasteiger partial charge in [0.25, 0.3) is 0 Å². The fourth-order valence-corrected chi connectivity index (χ4v) is 2.12. The van der Waals surface area contributed by atoms with Gasteiger partial charge in [0.05, 0.1) is 6.61 Å². The molecule has 0 aliphatic carbocycles. The molecular formula is C16H27NO. The smallest absolute Gasteiger partial charge is 0.119 e. The van der Waals surface area contributed by atoms with Crippen LogP contribution in [-0.4, -0.2) is 13.7 Å². The molecule has 0 heterocycles. The lowest BCUT2D eigenvalue weighted by Crippen LogP contribution is -2.16. The summed E-state index contributed by atoms with van der Waals surface area (Å²) in [5.74, 6) is 0.991. The first-order valence-electron chi connectivity index (χ1n) is 7.21. The molecule has 0 aliphatic rings. The summed E-state index contributed by atoms with van der Waals surface area (Å²) in [4.78, 5) is 0. The van der Waals surface area contributed by atoms with Crippen LogP contribution in [0.25, 0.3) is 0 Å². The van der Waals surface area contributed by atoms with Gasteiger partial charge < -0.3 is 10.1 Å². The highest BCUT2D eigenvalue weighted by molar-refractivity contribution is 5.30. The van der Waals surface area contributed by atoms with Crippen molar-refractivity contribution in [1.29, 1.82) is 0 Å². The van der Waals surface area contributed by atoms with Crippen molar-refractivity contribution in [3.63, 3.8) is 0 Å². The number of ether oxygens (including phenoxy) is 1. The van der Waals surface area contributed by atoms with Crippen molar-refractivity contribution in [2.45, 2.75) is 52.0 Å². The Bertz CT molecular complexity index is 325. The molecule has 0 aliphatic heterocycles. The molecule has 1 atom stereocenters. The van der Waals surface area contributed by atoms with Crippen LogP contribution in [0.3, 0.4) is 0 Å². The zero-order valence-electron chi connectivity index (χ0n) is 12.0. The second-order valence-corrected chi connectivity index (χ2v) is 4.76. The van der Waals surface area contributed by atoms with Gasteiger partial charge in [-0.05, 0) is 37.6 Å². The van der Waals surface area contributed by atoms with Gasteiger partial charge >= 0.3 is 0 Å². The van der Waals surface area contributed by atoms with Gasteiger partial charge in [-0.1, -0.05) is 45.2 Å². The molecule has 0 saturated heterocycles. The van der Waals surface area contributed by atoms with Crippen LogP contribution < -0.4 is 10.1 Å². The molecule has 0 saturated carbocycles. The number of benzene rings is 1. The average Bonchev–Trinajstić information content (AvgIpc) is 2.42. The number of nitrogens with one attached hydrogen (secondary N) is 1. The highest BCUT2D eigenvalue weighted by Gasteiger charge is 2.09. The van der Waals surface area contributed by atoms with Crippen LogP contribution in [0.15, 0.2) is 24.3 Å². The molecule has 102 valence electrons. The summed E-state index contributed by atoms with van der Waals surface area (Å²) in [7, 11) is 2.04. The first-order valence-corrected chi connectivity index (χ1v) is 7.21. The Morgan fingerprint density at radius 1 is 1.17 bits per heavy atom. The molecule has 1 rings (SSSR count). The van der Waals surface area contributed by atoms with Gasteiger partial charge in [0.1, 0.15) is 5.75 Å². The van der Waals surface area contributed by atoms with Crippen LogP contribution in [0.5, 0.6) is 5.75 Å². The topological polar surface area (TPSA) is 21.3 Å². The Hall–Kier alpha value is -1.02. The fourth-order valence-electron chi connectivity index (χ4n) is 2.12. The number of hydrogen-bond donors (Lipinski definition) is 1. The molecule has 0 aromatic heterocycles. The molecule has 18 heavy (non-hydrogen) atoms. The van der Waals surface area contributed by atoms with Crippen molar-refractivity contribution in [3.05, 3.63) is 29.8 Å². The van der Waals surface area contributed by atoms with E-state index >= 15 is 0 Å². The lowest BCUT2D eigenvalue weighted by Gasteiger charge is -2.17. The van der Waals surface area contributed by atoms with Gasteiger partial charge in [-0.25, -0.2) is 0 Å². The van der Waals surface area contributed by atoms with Crippen molar-refractivity contribution in [1.82, 2.24) is 5.32 Å². The molecule has 0 spiro atoms. The standard InChI is InChI=1S/C16H27NO/c1-4-6-7-11-16(17-3)14-9-8-10-15(13-14)18-12-5-2/h8-10,13,16-17H,4-7,11-12H2,1-3H3. The van der Waals surface area contributed by atoms with Crippen molar-refractivity contribution in [2.75, 3.05) is 13.7 Å². The molecule has 0 radical (unpaired) electrons. The van der Waals surface area contributed by atoms with Crippen LogP contribution in [0.2, 0.25) is 0 Å². The van der Waals surface area contributed by atoms with Crippen LogP contribution >= 0.6 is 0 Å². The molecule has 1 unspecified atom stereocenters.